The molecular weight excluding hydrogens is 378 g/mol. The van der Waals surface area contributed by atoms with Crippen LogP contribution in [0.15, 0.2) is 35.2 Å². The lowest BCUT2D eigenvalue weighted by molar-refractivity contribution is -0.144. The fraction of sp³-hybridized carbons (Fsp3) is 0.476. The van der Waals surface area contributed by atoms with E-state index in [-0.39, 0.29) is 11.9 Å². The van der Waals surface area contributed by atoms with E-state index in [1.165, 1.54) is 11.8 Å². The van der Waals surface area contributed by atoms with E-state index in [2.05, 4.69) is 6.92 Å². The molecule has 1 saturated heterocycles. The molecule has 146 valence electrons. The Kier molecular flexibility index (Phi) is 9.56. The molecule has 0 aromatic heterocycles. The SMILES string of the molecule is CCCCCOC(=O)CCCCCN1C(=O)C(=Cc2ccccc2)SC1=S. The van der Waals surface area contributed by atoms with E-state index in [1.54, 1.807) is 4.90 Å². The number of thioether (sulfide) groups is 1. The Bertz CT molecular complexity index is 673. The zero-order valence-electron chi connectivity index (χ0n) is 15.8. The third-order valence-electron chi connectivity index (χ3n) is 4.24. The summed E-state index contributed by atoms with van der Waals surface area (Å²) < 4.78 is 5.80. The predicted molar refractivity (Wildman–Crippen MR) is 115 cm³/mol. The van der Waals surface area contributed by atoms with Gasteiger partial charge in [-0.2, -0.15) is 0 Å². The molecule has 1 aromatic carbocycles. The first kappa shape index (κ1) is 21.6. The van der Waals surface area contributed by atoms with Crippen LogP contribution in [0.1, 0.15) is 57.4 Å². The standard InChI is InChI=1S/C21H27NO3S2/c1-2-3-10-15-25-19(23)13-8-5-9-14-22-20(24)18(27-21(22)26)16-17-11-6-4-7-12-17/h4,6-7,11-12,16H,2-3,5,8-10,13-15H2,1H3. The maximum absolute atomic E-state index is 12.5. The van der Waals surface area contributed by atoms with Crippen molar-refractivity contribution in [1.29, 1.82) is 0 Å². The summed E-state index contributed by atoms with van der Waals surface area (Å²) in [6, 6.07) is 9.77. The highest BCUT2D eigenvalue weighted by Crippen LogP contribution is 2.32. The number of hydrogen-bond acceptors (Lipinski definition) is 5. The molecule has 0 N–H and O–H groups in total. The number of nitrogens with zero attached hydrogens (tertiary/aromatic N) is 1. The number of thiocarbonyl (C=S) groups is 1. The van der Waals surface area contributed by atoms with Gasteiger partial charge in [-0.25, -0.2) is 0 Å². The highest BCUT2D eigenvalue weighted by molar-refractivity contribution is 8.26. The predicted octanol–water partition coefficient (Wildman–Crippen LogP) is 5.18. The molecule has 6 heteroatoms. The molecule has 1 heterocycles. The van der Waals surface area contributed by atoms with Crippen molar-refractivity contribution in [3.05, 3.63) is 40.8 Å². The molecule has 1 amide bonds. The van der Waals surface area contributed by atoms with E-state index in [1.807, 2.05) is 36.4 Å². The van der Waals surface area contributed by atoms with Crippen molar-refractivity contribution >= 4 is 46.3 Å². The molecule has 0 spiro atoms. The number of unbranched alkanes of at least 4 members (excludes halogenated alkanes) is 4. The lowest BCUT2D eigenvalue weighted by atomic mass is 10.2. The molecule has 0 radical (unpaired) electrons. The molecule has 0 aliphatic carbocycles. The molecule has 0 atom stereocenters. The van der Waals surface area contributed by atoms with E-state index in [0.717, 1.165) is 44.1 Å². The maximum Gasteiger partial charge on any atom is 0.305 e. The van der Waals surface area contributed by atoms with Crippen molar-refractivity contribution in [2.45, 2.75) is 51.9 Å². The third-order valence-corrected chi connectivity index (χ3v) is 5.62. The molecule has 0 bridgehead atoms. The van der Waals surface area contributed by atoms with Gasteiger partial charge in [0.25, 0.3) is 5.91 Å². The van der Waals surface area contributed by atoms with Gasteiger partial charge in [-0.15, -0.1) is 0 Å². The number of esters is 1. The summed E-state index contributed by atoms with van der Waals surface area (Å²) in [5.74, 6) is -0.147. The molecule has 27 heavy (non-hydrogen) atoms. The van der Waals surface area contributed by atoms with E-state index >= 15 is 0 Å². The maximum atomic E-state index is 12.5. The van der Waals surface area contributed by atoms with Crippen molar-refractivity contribution in [3.8, 4) is 0 Å². The van der Waals surface area contributed by atoms with Crippen LogP contribution in [0.2, 0.25) is 0 Å². The second-order valence-electron chi connectivity index (χ2n) is 6.48. The molecule has 0 unspecified atom stereocenters. The molecular formula is C21H27NO3S2. The Labute approximate surface area is 171 Å². The Hall–Kier alpha value is -1.66. The second-order valence-corrected chi connectivity index (χ2v) is 8.16. The van der Waals surface area contributed by atoms with E-state index in [4.69, 9.17) is 17.0 Å². The van der Waals surface area contributed by atoms with E-state index in [9.17, 15) is 9.59 Å². The molecule has 4 nitrogen and oxygen atoms in total. The fourth-order valence-corrected chi connectivity index (χ4v) is 4.03. The largest absolute Gasteiger partial charge is 0.466 e. The van der Waals surface area contributed by atoms with Crippen molar-refractivity contribution in [1.82, 2.24) is 4.90 Å². The fourth-order valence-electron chi connectivity index (χ4n) is 2.72. The average molecular weight is 406 g/mol. The summed E-state index contributed by atoms with van der Waals surface area (Å²) >= 11 is 6.71. The minimum absolute atomic E-state index is 0.0239. The summed E-state index contributed by atoms with van der Waals surface area (Å²) in [7, 11) is 0. The van der Waals surface area contributed by atoms with Gasteiger partial charge in [-0.05, 0) is 30.9 Å². The van der Waals surface area contributed by atoms with Gasteiger partial charge in [-0.1, -0.05) is 80.5 Å². The summed E-state index contributed by atoms with van der Waals surface area (Å²) in [5, 5.41) is 0. The lowest BCUT2D eigenvalue weighted by Gasteiger charge is -2.14. The minimum Gasteiger partial charge on any atom is -0.466 e. The monoisotopic (exact) mass is 405 g/mol. The first-order valence-electron chi connectivity index (χ1n) is 9.58. The van der Waals surface area contributed by atoms with Gasteiger partial charge in [0.2, 0.25) is 0 Å². The van der Waals surface area contributed by atoms with Gasteiger partial charge in [0, 0.05) is 13.0 Å². The van der Waals surface area contributed by atoms with Crippen molar-refractivity contribution in [3.63, 3.8) is 0 Å². The Morgan fingerprint density at radius 1 is 1.15 bits per heavy atom. The van der Waals surface area contributed by atoms with Crippen molar-refractivity contribution < 1.29 is 14.3 Å². The van der Waals surface area contributed by atoms with Crippen LogP contribution in [0.3, 0.4) is 0 Å². The first-order chi connectivity index (χ1) is 13.1. The zero-order valence-corrected chi connectivity index (χ0v) is 17.4. The number of amides is 1. The van der Waals surface area contributed by atoms with E-state index in [0.29, 0.717) is 28.8 Å². The van der Waals surface area contributed by atoms with Crippen LogP contribution in [-0.2, 0) is 14.3 Å². The number of carbonyl (C=O) groups excluding carboxylic acids is 2. The number of benzene rings is 1. The minimum atomic E-state index is -0.123. The van der Waals surface area contributed by atoms with Crippen LogP contribution in [0.25, 0.3) is 6.08 Å². The third kappa shape index (κ3) is 7.46. The van der Waals surface area contributed by atoms with Crippen LogP contribution < -0.4 is 0 Å². The zero-order chi connectivity index (χ0) is 19.5. The Morgan fingerprint density at radius 2 is 1.93 bits per heavy atom. The Balaban J connectivity index is 1.67. The lowest BCUT2D eigenvalue weighted by Crippen LogP contribution is -2.29. The second kappa shape index (κ2) is 11.9. The highest BCUT2D eigenvalue weighted by atomic mass is 32.2. The first-order valence-corrected chi connectivity index (χ1v) is 10.8. The van der Waals surface area contributed by atoms with Crippen LogP contribution in [0, 0.1) is 0 Å². The molecule has 1 aromatic rings. The normalized spacial score (nSPS) is 15.6. The summed E-state index contributed by atoms with van der Waals surface area (Å²) in [5.41, 5.74) is 0.996. The van der Waals surface area contributed by atoms with Crippen molar-refractivity contribution in [2.24, 2.45) is 0 Å². The van der Waals surface area contributed by atoms with Gasteiger partial charge in [-0.3, -0.25) is 14.5 Å². The van der Waals surface area contributed by atoms with Gasteiger partial charge in [0.05, 0.1) is 11.5 Å². The molecule has 2 rings (SSSR count). The van der Waals surface area contributed by atoms with Gasteiger partial charge >= 0.3 is 5.97 Å². The van der Waals surface area contributed by atoms with Crippen LogP contribution in [0.4, 0.5) is 0 Å². The van der Waals surface area contributed by atoms with Gasteiger partial charge in [0.15, 0.2) is 0 Å². The number of hydrogen-bond donors (Lipinski definition) is 0. The molecule has 0 saturated carbocycles. The topological polar surface area (TPSA) is 46.6 Å². The number of carbonyl (C=O) groups is 2. The van der Waals surface area contributed by atoms with Gasteiger partial charge in [0.1, 0.15) is 4.32 Å². The Morgan fingerprint density at radius 3 is 2.67 bits per heavy atom. The van der Waals surface area contributed by atoms with Crippen molar-refractivity contribution in [2.75, 3.05) is 13.2 Å². The summed E-state index contributed by atoms with van der Waals surface area (Å²) in [4.78, 5) is 26.5. The molecule has 1 aliphatic heterocycles. The number of ether oxygens (including phenoxy) is 1. The molecule has 1 aliphatic rings. The van der Waals surface area contributed by atoms with Gasteiger partial charge < -0.3 is 4.74 Å². The summed E-state index contributed by atoms with van der Waals surface area (Å²) in [6.07, 6.45) is 7.96. The molecule has 1 fully saturated rings. The average Bonchev–Trinajstić information content (AvgIpc) is 2.93. The smallest absolute Gasteiger partial charge is 0.305 e. The van der Waals surface area contributed by atoms with Crippen LogP contribution in [0.5, 0.6) is 0 Å². The number of rotatable bonds is 11. The summed E-state index contributed by atoms with van der Waals surface area (Å²) in [6.45, 7) is 3.25. The van der Waals surface area contributed by atoms with E-state index < -0.39 is 0 Å². The van der Waals surface area contributed by atoms with Crippen LogP contribution in [-0.4, -0.2) is 34.2 Å². The quantitative estimate of drug-likeness (QED) is 0.220. The highest BCUT2D eigenvalue weighted by Gasteiger charge is 2.31. The van der Waals surface area contributed by atoms with Crippen LogP contribution >= 0.6 is 24.0 Å².